The third-order valence-corrected chi connectivity index (χ3v) is 2.17. The van der Waals surface area contributed by atoms with Gasteiger partial charge in [0.1, 0.15) is 11.7 Å². The summed E-state index contributed by atoms with van der Waals surface area (Å²) >= 11 is 0. The molecular weight excluding hydrogens is 235 g/mol. The fraction of sp³-hybridized carbons (Fsp3) is 0.0909. The van der Waals surface area contributed by atoms with Gasteiger partial charge >= 0.3 is 35.2 Å². The zero-order chi connectivity index (χ0) is 11.7. The first-order valence-electron chi connectivity index (χ1n) is 4.45. The van der Waals surface area contributed by atoms with Crippen molar-refractivity contribution in [1.29, 1.82) is 0 Å². The number of aromatic carboxylic acids is 1. The molecule has 82 valence electrons. The Balaban J connectivity index is 0.00000144. The minimum atomic E-state index is -1.52. The van der Waals surface area contributed by atoms with Gasteiger partial charge in [-0.15, -0.1) is 0 Å². The van der Waals surface area contributed by atoms with Crippen LogP contribution in [-0.2, 0) is 0 Å². The third kappa shape index (κ3) is 2.69. The van der Waals surface area contributed by atoms with Gasteiger partial charge in [-0.25, -0.2) is 4.79 Å². The fourth-order valence-corrected chi connectivity index (χ4v) is 1.39. The van der Waals surface area contributed by atoms with Crippen molar-refractivity contribution in [3.8, 4) is 5.75 Å². The number of fused-ring (bicyclic) bond motifs is 1. The van der Waals surface area contributed by atoms with E-state index in [-0.39, 0.29) is 34.9 Å². The average Bonchev–Trinajstić information content (AvgIpc) is 2.28. The van der Waals surface area contributed by atoms with Crippen LogP contribution >= 0.6 is 0 Å². The van der Waals surface area contributed by atoms with Crippen molar-refractivity contribution in [3.05, 3.63) is 40.4 Å². The first-order valence-corrected chi connectivity index (χ1v) is 4.45. The molecule has 0 bridgehead atoms. The van der Waals surface area contributed by atoms with Crippen molar-refractivity contribution >= 4 is 16.7 Å². The molecule has 0 unspecified atom stereocenters. The van der Waals surface area contributed by atoms with Crippen LogP contribution in [0.25, 0.3) is 10.8 Å². The molecule has 0 radical (unpaired) electrons. The Labute approximate surface area is 118 Å². The fourth-order valence-electron chi connectivity index (χ4n) is 1.39. The monoisotopic (exact) mass is 242 g/mol. The standard InChI is InChI=1S/C11H8O5.Na/c1-15-7-3-2-6-4-9(10(12)13)16-11(14)8(6)5-7;/h2-5H,1H3,(H,12,13);/q;+1/p-1. The van der Waals surface area contributed by atoms with Crippen LogP contribution in [-0.4, -0.2) is 13.1 Å². The van der Waals surface area contributed by atoms with Crippen LogP contribution in [0.2, 0.25) is 0 Å². The van der Waals surface area contributed by atoms with E-state index in [1.165, 1.54) is 19.2 Å². The van der Waals surface area contributed by atoms with E-state index < -0.39 is 17.4 Å². The predicted molar refractivity (Wildman–Crippen MR) is 53.4 cm³/mol. The van der Waals surface area contributed by atoms with Crippen molar-refractivity contribution in [3.63, 3.8) is 0 Å². The summed E-state index contributed by atoms with van der Waals surface area (Å²) in [7, 11) is 1.47. The molecule has 6 heteroatoms. The number of benzene rings is 1. The van der Waals surface area contributed by atoms with Gasteiger partial charge in [0.25, 0.3) is 0 Å². The number of hydrogen-bond acceptors (Lipinski definition) is 5. The Bertz CT molecular complexity index is 617. The number of hydrogen-bond donors (Lipinski definition) is 0. The van der Waals surface area contributed by atoms with Crippen LogP contribution in [0.5, 0.6) is 5.75 Å². The molecular formula is C11H7NaO5. The summed E-state index contributed by atoms with van der Waals surface area (Å²) in [5.41, 5.74) is -0.726. The van der Waals surface area contributed by atoms with Crippen molar-refractivity contribution < 1.29 is 48.6 Å². The summed E-state index contributed by atoms with van der Waals surface area (Å²) in [5, 5.41) is 11.3. The SMILES string of the molecule is COc1ccc2cc(C(=O)[O-])oc(=O)c2c1.[Na+]. The number of ether oxygens (including phenoxy) is 1. The Kier molecular flexibility index (Phi) is 4.34. The number of carboxylic acid groups (broad SMARTS) is 1. The maximum atomic E-state index is 11.5. The van der Waals surface area contributed by atoms with E-state index in [4.69, 9.17) is 4.74 Å². The Hall–Kier alpha value is -1.30. The number of carbonyl (C=O) groups excluding carboxylic acids is 1. The molecule has 0 saturated heterocycles. The van der Waals surface area contributed by atoms with Crippen LogP contribution in [0.4, 0.5) is 0 Å². The summed E-state index contributed by atoms with van der Waals surface area (Å²) in [6, 6.07) is 5.93. The Morgan fingerprint density at radius 1 is 1.35 bits per heavy atom. The second kappa shape index (κ2) is 5.35. The first kappa shape index (κ1) is 13.8. The largest absolute Gasteiger partial charge is 1.00 e. The maximum Gasteiger partial charge on any atom is 1.00 e. The van der Waals surface area contributed by atoms with Crippen molar-refractivity contribution in [2.75, 3.05) is 7.11 Å². The van der Waals surface area contributed by atoms with Gasteiger partial charge in [0.15, 0.2) is 5.76 Å². The first-order chi connectivity index (χ1) is 7.61. The molecule has 0 aliphatic carbocycles. The van der Waals surface area contributed by atoms with Crippen LogP contribution in [0.15, 0.2) is 33.5 Å². The molecule has 0 fully saturated rings. The summed E-state index contributed by atoms with van der Waals surface area (Å²) in [6.07, 6.45) is 0. The molecule has 1 heterocycles. The minimum absolute atomic E-state index is 0. The molecule has 0 saturated carbocycles. The van der Waals surface area contributed by atoms with Crippen LogP contribution < -0.4 is 45.0 Å². The van der Waals surface area contributed by atoms with Gasteiger partial charge in [-0.05, 0) is 23.6 Å². The molecule has 1 aromatic heterocycles. The molecule has 1 aromatic carbocycles. The zero-order valence-electron chi connectivity index (χ0n) is 9.35. The smallest absolute Gasteiger partial charge is 0.542 e. The van der Waals surface area contributed by atoms with E-state index in [1.54, 1.807) is 12.1 Å². The van der Waals surface area contributed by atoms with Gasteiger partial charge < -0.3 is 19.1 Å². The summed E-state index contributed by atoms with van der Waals surface area (Å²) in [6.45, 7) is 0. The van der Waals surface area contributed by atoms with Gasteiger partial charge in [0.05, 0.1) is 12.5 Å². The number of carboxylic acids is 1. The molecule has 0 aliphatic heterocycles. The van der Waals surface area contributed by atoms with Crippen molar-refractivity contribution in [1.82, 2.24) is 0 Å². The van der Waals surface area contributed by atoms with Crippen molar-refractivity contribution in [2.24, 2.45) is 0 Å². The molecule has 0 amide bonds. The van der Waals surface area contributed by atoms with Gasteiger partial charge in [-0.3, -0.25) is 0 Å². The second-order valence-corrected chi connectivity index (χ2v) is 3.14. The summed E-state index contributed by atoms with van der Waals surface area (Å²) < 4.78 is 9.52. The van der Waals surface area contributed by atoms with E-state index >= 15 is 0 Å². The van der Waals surface area contributed by atoms with E-state index in [0.29, 0.717) is 11.1 Å². The molecule has 5 nitrogen and oxygen atoms in total. The van der Waals surface area contributed by atoms with Crippen LogP contribution in [0, 0.1) is 0 Å². The van der Waals surface area contributed by atoms with Crippen LogP contribution in [0.3, 0.4) is 0 Å². The molecule has 0 aliphatic rings. The minimum Gasteiger partial charge on any atom is -0.542 e. The summed E-state index contributed by atoms with van der Waals surface area (Å²) in [4.78, 5) is 22.0. The Morgan fingerprint density at radius 3 is 2.65 bits per heavy atom. The molecule has 0 atom stereocenters. The van der Waals surface area contributed by atoms with E-state index in [9.17, 15) is 14.7 Å². The van der Waals surface area contributed by atoms with Gasteiger partial charge in [-0.2, -0.15) is 0 Å². The average molecular weight is 242 g/mol. The van der Waals surface area contributed by atoms with E-state index in [0.717, 1.165) is 0 Å². The van der Waals surface area contributed by atoms with E-state index in [1.807, 2.05) is 0 Å². The number of methoxy groups -OCH3 is 1. The van der Waals surface area contributed by atoms with Gasteiger partial charge in [0.2, 0.25) is 0 Å². The Morgan fingerprint density at radius 2 is 2.06 bits per heavy atom. The van der Waals surface area contributed by atoms with Gasteiger partial charge in [0, 0.05) is 0 Å². The predicted octanol–water partition coefficient (Wildman–Crippen LogP) is -2.83. The summed E-state index contributed by atoms with van der Waals surface area (Å²) in [5.74, 6) is -1.50. The quantitative estimate of drug-likeness (QED) is 0.530. The van der Waals surface area contributed by atoms with E-state index in [2.05, 4.69) is 4.42 Å². The van der Waals surface area contributed by atoms with Crippen molar-refractivity contribution in [2.45, 2.75) is 0 Å². The molecule has 0 spiro atoms. The molecule has 2 rings (SSSR count). The normalized spacial score (nSPS) is 9.71. The topological polar surface area (TPSA) is 79.6 Å². The molecule has 2 aromatic rings. The maximum absolute atomic E-state index is 11.5. The zero-order valence-corrected chi connectivity index (χ0v) is 11.4. The second-order valence-electron chi connectivity index (χ2n) is 3.14. The molecule has 0 N–H and O–H groups in total. The number of rotatable bonds is 2. The molecule has 17 heavy (non-hydrogen) atoms. The number of carbonyl (C=O) groups is 1. The van der Waals surface area contributed by atoms with Gasteiger partial charge in [-0.1, -0.05) is 6.07 Å². The van der Waals surface area contributed by atoms with Crippen LogP contribution in [0.1, 0.15) is 10.6 Å². The third-order valence-electron chi connectivity index (χ3n) is 2.17.